The molecule has 0 atom stereocenters. The van der Waals surface area contributed by atoms with E-state index < -0.39 is 0 Å². The number of benzene rings is 2. The largest absolute Gasteiger partial charge is 0.323 e. The molecule has 1 saturated heterocycles. The molecule has 0 N–H and O–H groups in total. The molecule has 25 heavy (non-hydrogen) atoms. The van der Waals surface area contributed by atoms with Gasteiger partial charge in [0, 0.05) is 18.5 Å². The molecular formula is C21H22N4. The molecule has 1 aliphatic rings. The third-order valence-corrected chi connectivity index (χ3v) is 5.34. The second kappa shape index (κ2) is 5.81. The molecule has 126 valence electrons. The van der Waals surface area contributed by atoms with Crippen molar-refractivity contribution in [1.82, 2.24) is 19.4 Å². The molecule has 0 aliphatic carbocycles. The van der Waals surface area contributed by atoms with E-state index in [2.05, 4.69) is 40.7 Å². The smallest absolute Gasteiger partial charge is 0.160 e. The van der Waals surface area contributed by atoms with Crippen LogP contribution in [0.4, 0.5) is 0 Å². The predicted molar refractivity (Wildman–Crippen MR) is 103 cm³/mol. The summed E-state index contributed by atoms with van der Waals surface area (Å²) in [4.78, 5) is 12.5. The van der Waals surface area contributed by atoms with E-state index >= 15 is 0 Å². The SMILES string of the molecule is Cc1ccc2c(c1)c1nc3ccccc3nc1n2CCN1CCCC1. The van der Waals surface area contributed by atoms with Gasteiger partial charge in [-0.1, -0.05) is 23.8 Å². The molecule has 1 aliphatic heterocycles. The summed E-state index contributed by atoms with van der Waals surface area (Å²) in [5.74, 6) is 0. The lowest BCUT2D eigenvalue weighted by Crippen LogP contribution is -2.24. The summed E-state index contributed by atoms with van der Waals surface area (Å²) in [6.45, 7) is 6.65. The lowest BCUT2D eigenvalue weighted by molar-refractivity contribution is 0.326. The number of aromatic nitrogens is 3. The quantitative estimate of drug-likeness (QED) is 0.566. The molecule has 5 rings (SSSR count). The summed E-state index contributed by atoms with van der Waals surface area (Å²) in [6.07, 6.45) is 2.66. The normalized spacial score (nSPS) is 15.7. The summed E-state index contributed by atoms with van der Waals surface area (Å²) < 4.78 is 2.36. The van der Waals surface area contributed by atoms with Crippen LogP contribution in [0.2, 0.25) is 0 Å². The molecular weight excluding hydrogens is 308 g/mol. The zero-order chi connectivity index (χ0) is 16.8. The predicted octanol–water partition coefficient (Wildman–Crippen LogP) is 4.14. The van der Waals surface area contributed by atoms with Crippen molar-refractivity contribution in [1.29, 1.82) is 0 Å². The van der Waals surface area contributed by atoms with E-state index in [1.807, 2.05) is 18.2 Å². The molecule has 1 fully saturated rings. The van der Waals surface area contributed by atoms with E-state index in [9.17, 15) is 0 Å². The number of aryl methyl sites for hydroxylation is 1. The summed E-state index contributed by atoms with van der Waals surface area (Å²) in [7, 11) is 0. The first kappa shape index (κ1) is 14.8. The van der Waals surface area contributed by atoms with Gasteiger partial charge in [0.1, 0.15) is 5.52 Å². The number of nitrogens with zero attached hydrogens (tertiary/aromatic N) is 4. The van der Waals surface area contributed by atoms with E-state index in [4.69, 9.17) is 9.97 Å². The maximum absolute atomic E-state index is 4.97. The standard InChI is InChI=1S/C21H22N4/c1-15-8-9-19-16(14-15)20-21(23-18-7-3-2-6-17(18)22-20)25(19)13-12-24-10-4-5-11-24/h2-3,6-9,14H,4-5,10-13H2,1H3. The van der Waals surface area contributed by atoms with Gasteiger partial charge in [-0.15, -0.1) is 0 Å². The van der Waals surface area contributed by atoms with Crippen molar-refractivity contribution >= 4 is 33.1 Å². The van der Waals surface area contributed by atoms with Crippen molar-refractivity contribution in [2.45, 2.75) is 26.3 Å². The van der Waals surface area contributed by atoms with Crippen LogP contribution in [0.5, 0.6) is 0 Å². The van der Waals surface area contributed by atoms with Crippen molar-refractivity contribution in [2.75, 3.05) is 19.6 Å². The fourth-order valence-corrected chi connectivity index (χ4v) is 4.02. The Hall–Kier alpha value is -2.46. The molecule has 4 aromatic rings. The van der Waals surface area contributed by atoms with Crippen molar-refractivity contribution < 1.29 is 0 Å². The third kappa shape index (κ3) is 2.48. The van der Waals surface area contributed by atoms with Gasteiger partial charge in [0.2, 0.25) is 0 Å². The van der Waals surface area contributed by atoms with Crippen LogP contribution in [0.25, 0.3) is 33.1 Å². The van der Waals surface area contributed by atoms with E-state index in [0.717, 1.165) is 35.3 Å². The van der Waals surface area contributed by atoms with Crippen molar-refractivity contribution in [3.8, 4) is 0 Å². The van der Waals surface area contributed by atoms with Crippen LogP contribution in [-0.4, -0.2) is 39.1 Å². The van der Waals surface area contributed by atoms with Gasteiger partial charge in [-0.2, -0.15) is 0 Å². The molecule has 0 radical (unpaired) electrons. The Morgan fingerprint density at radius 1 is 0.920 bits per heavy atom. The highest BCUT2D eigenvalue weighted by molar-refractivity contribution is 6.06. The zero-order valence-corrected chi connectivity index (χ0v) is 14.6. The molecule has 3 heterocycles. The van der Waals surface area contributed by atoms with Crippen LogP contribution in [0.15, 0.2) is 42.5 Å². The first-order chi connectivity index (χ1) is 12.3. The van der Waals surface area contributed by atoms with Crippen LogP contribution in [-0.2, 0) is 6.54 Å². The summed E-state index contributed by atoms with van der Waals surface area (Å²) in [6, 6.07) is 14.8. The second-order valence-electron chi connectivity index (χ2n) is 7.11. The molecule has 2 aromatic carbocycles. The van der Waals surface area contributed by atoms with Crippen LogP contribution in [0.3, 0.4) is 0 Å². The Kier molecular flexibility index (Phi) is 3.45. The highest BCUT2D eigenvalue weighted by atomic mass is 15.2. The third-order valence-electron chi connectivity index (χ3n) is 5.34. The first-order valence-corrected chi connectivity index (χ1v) is 9.17. The van der Waals surface area contributed by atoms with Crippen molar-refractivity contribution in [3.05, 3.63) is 48.0 Å². The molecule has 0 saturated carbocycles. The average molecular weight is 330 g/mol. The Labute approximate surface area is 147 Å². The van der Waals surface area contributed by atoms with Gasteiger partial charge in [0.15, 0.2) is 5.65 Å². The molecule has 0 spiro atoms. The maximum Gasteiger partial charge on any atom is 0.160 e. The van der Waals surface area contributed by atoms with Crippen molar-refractivity contribution in [2.24, 2.45) is 0 Å². The van der Waals surface area contributed by atoms with E-state index in [1.54, 1.807) is 0 Å². The Morgan fingerprint density at radius 3 is 2.48 bits per heavy atom. The highest BCUT2D eigenvalue weighted by Gasteiger charge is 2.17. The van der Waals surface area contributed by atoms with Gasteiger partial charge in [0.05, 0.1) is 16.6 Å². The van der Waals surface area contributed by atoms with Crippen molar-refractivity contribution in [3.63, 3.8) is 0 Å². The second-order valence-corrected chi connectivity index (χ2v) is 7.11. The monoisotopic (exact) mass is 330 g/mol. The van der Waals surface area contributed by atoms with Gasteiger partial charge in [-0.3, -0.25) is 0 Å². The minimum absolute atomic E-state index is 0.968. The first-order valence-electron chi connectivity index (χ1n) is 9.17. The summed E-state index contributed by atoms with van der Waals surface area (Å²) >= 11 is 0. The molecule has 0 unspecified atom stereocenters. The van der Waals surface area contributed by atoms with Crippen LogP contribution in [0.1, 0.15) is 18.4 Å². The maximum atomic E-state index is 4.97. The fraction of sp³-hybridized carbons (Fsp3) is 0.333. The number of hydrogen-bond donors (Lipinski definition) is 0. The van der Waals surface area contributed by atoms with Crippen LogP contribution < -0.4 is 0 Å². The molecule has 0 bridgehead atoms. The minimum atomic E-state index is 0.968. The Bertz CT molecular complexity index is 1070. The Morgan fingerprint density at radius 2 is 1.68 bits per heavy atom. The minimum Gasteiger partial charge on any atom is -0.323 e. The fourth-order valence-electron chi connectivity index (χ4n) is 4.02. The number of likely N-dealkylation sites (tertiary alicyclic amines) is 1. The number of rotatable bonds is 3. The lowest BCUT2D eigenvalue weighted by atomic mass is 10.1. The van der Waals surface area contributed by atoms with Crippen LogP contribution >= 0.6 is 0 Å². The Balaban J connectivity index is 1.72. The topological polar surface area (TPSA) is 34.0 Å². The van der Waals surface area contributed by atoms with Crippen LogP contribution in [0, 0.1) is 6.92 Å². The van der Waals surface area contributed by atoms with Gasteiger partial charge in [0.25, 0.3) is 0 Å². The van der Waals surface area contributed by atoms with Gasteiger partial charge in [-0.05, 0) is 57.1 Å². The van der Waals surface area contributed by atoms with Gasteiger partial charge < -0.3 is 9.47 Å². The molecule has 4 nitrogen and oxygen atoms in total. The average Bonchev–Trinajstić information content (AvgIpc) is 3.24. The molecule has 2 aromatic heterocycles. The van der Waals surface area contributed by atoms with Gasteiger partial charge in [-0.25, -0.2) is 9.97 Å². The number of fused-ring (bicyclic) bond motifs is 4. The summed E-state index contributed by atoms with van der Waals surface area (Å²) in [5, 5.41) is 1.22. The van der Waals surface area contributed by atoms with E-state index in [-0.39, 0.29) is 0 Å². The number of hydrogen-bond acceptors (Lipinski definition) is 3. The molecule has 4 heteroatoms. The van der Waals surface area contributed by atoms with E-state index in [0.29, 0.717) is 0 Å². The zero-order valence-electron chi connectivity index (χ0n) is 14.6. The lowest BCUT2D eigenvalue weighted by Gasteiger charge is -2.15. The number of para-hydroxylation sites is 2. The van der Waals surface area contributed by atoms with Gasteiger partial charge >= 0.3 is 0 Å². The molecule has 0 amide bonds. The summed E-state index contributed by atoms with van der Waals surface area (Å²) in [5.41, 5.74) is 6.49. The highest BCUT2D eigenvalue weighted by Crippen LogP contribution is 2.29. The van der Waals surface area contributed by atoms with E-state index in [1.165, 1.54) is 42.4 Å².